The maximum Gasteiger partial charge on any atom is 0.416 e. The largest absolute Gasteiger partial charge is 0.416 e. The number of imidazole rings is 1. The number of thiazole rings is 1. The lowest BCUT2D eigenvalue weighted by molar-refractivity contribution is -0.137. The van der Waals surface area contributed by atoms with E-state index in [1.165, 1.54) is 23.5 Å². The highest BCUT2D eigenvalue weighted by Gasteiger charge is 2.30. The van der Waals surface area contributed by atoms with E-state index < -0.39 is 11.7 Å². The second-order valence-corrected chi connectivity index (χ2v) is 8.73. The summed E-state index contributed by atoms with van der Waals surface area (Å²) < 4.78 is 39.8. The molecule has 4 aromatic rings. The number of fused-ring (bicyclic) bond motifs is 1. The van der Waals surface area contributed by atoms with Crippen LogP contribution in [0.1, 0.15) is 24.0 Å². The van der Waals surface area contributed by atoms with Crippen LogP contribution in [-0.4, -0.2) is 27.1 Å². The van der Waals surface area contributed by atoms with Crippen LogP contribution in [0.25, 0.3) is 21.5 Å². The number of nitrogens with zero attached hydrogens (tertiary/aromatic N) is 2. The maximum absolute atomic E-state index is 12.8. The second-order valence-electron chi connectivity index (χ2n) is 7.70. The number of H-pyrrole nitrogens is 1. The molecule has 0 unspecified atom stereocenters. The zero-order chi connectivity index (χ0) is 23.0. The molecule has 2 atom stereocenters. The summed E-state index contributed by atoms with van der Waals surface area (Å²) in [4.78, 5) is 19.9. The van der Waals surface area contributed by atoms with Gasteiger partial charge in [0.2, 0.25) is 0 Å². The van der Waals surface area contributed by atoms with Crippen molar-refractivity contribution in [2.75, 3.05) is 11.9 Å². The normalized spacial score (nSPS) is 13.9. The Morgan fingerprint density at radius 2 is 1.94 bits per heavy atom. The smallest absolute Gasteiger partial charge is 0.360 e. The Bertz CT molecular complexity index is 1290. The summed E-state index contributed by atoms with van der Waals surface area (Å²) in [6.45, 7) is 2.30. The van der Waals surface area contributed by atoms with E-state index in [2.05, 4.69) is 15.3 Å². The van der Waals surface area contributed by atoms with Crippen LogP contribution < -0.4 is 16.7 Å². The van der Waals surface area contributed by atoms with Crippen molar-refractivity contribution < 1.29 is 13.2 Å². The third-order valence-corrected chi connectivity index (χ3v) is 6.59. The van der Waals surface area contributed by atoms with E-state index in [9.17, 15) is 18.0 Å². The number of aryl methyl sites for hydroxylation is 1. The van der Waals surface area contributed by atoms with Crippen LogP contribution in [0.15, 0.2) is 53.5 Å². The van der Waals surface area contributed by atoms with Crippen LogP contribution in [0, 0.1) is 0 Å². The summed E-state index contributed by atoms with van der Waals surface area (Å²) in [5, 5.41) is 3.91. The minimum absolute atomic E-state index is 0.137. The van der Waals surface area contributed by atoms with Crippen molar-refractivity contribution in [1.29, 1.82) is 0 Å². The number of rotatable bonds is 6. The van der Waals surface area contributed by atoms with Crippen molar-refractivity contribution in [3.05, 3.63) is 70.3 Å². The van der Waals surface area contributed by atoms with Gasteiger partial charge in [-0.25, -0.2) is 9.78 Å². The highest BCUT2D eigenvalue weighted by Crippen LogP contribution is 2.32. The van der Waals surface area contributed by atoms with Crippen LogP contribution in [0.2, 0.25) is 0 Å². The van der Waals surface area contributed by atoms with Crippen molar-refractivity contribution in [1.82, 2.24) is 14.5 Å². The van der Waals surface area contributed by atoms with Gasteiger partial charge < -0.3 is 16.0 Å². The van der Waals surface area contributed by atoms with E-state index in [0.717, 1.165) is 39.2 Å². The number of aromatic amines is 1. The highest BCUT2D eigenvalue weighted by molar-refractivity contribution is 7.18. The molecular formula is C22H22F3N5OS. The third-order valence-electron chi connectivity index (χ3n) is 5.59. The summed E-state index contributed by atoms with van der Waals surface area (Å²) in [6.07, 6.45) is -2.60. The number of nitrogens with two attached hydrogens (primary N) is 1. The molecule has 0 radical (unpaired) electrons. The van der Waals surface area contributed by atoms with Gasteiger partial charge in [-0.15, -0.1) is 0 Å². The van der Waals surface area contributed by atoms with E-state index in [0.29, 0.717) is 11.7 Å². The van der Waals surface area contributed by atoms with Gasteiger partial charge in [0.25, 0.3) is 0 Å². The van der Waals surface area contributed by atoms with E-state index in [-0.39, 0.29) is 17.6 Å². The van der Waals surface area contributed by atoms with Gasteiger partial charge >= 0.3 is 11.9 Å². The molecular weight excluding hydrogens is 439 g/mol. The first-order valence-electron chi connectivity index (χ1n) is 9.95. The average Bonchev–Trinajstić information content (AvgIpc) is 3.35. The third kappa shape index (κ3) is 4.42. The second kappa shape index (κ2) is 8.44. The van der Waals surface area contributed by atoms with Gasteiger partial charge in [-0.2, -0.15) is 13.2 Å². The van der Waals surface area contributed by atoms with Crippen LogP contribution in [0.5, 0.6) is 0 Å². The lowest BCUT2D eigenvalue weighted by atomic mass is 9.93. The SMILES string of the molecule is C[C@@H](c1ccc(C(F)(F)F)cc1)[C@H](N)CNc1ncc(-c2ccc3[nH]c(=O)n(C)c3c2)s1. The number of halogens is 3. The molecule has 0 fully saturated rings. The van der Waals surface area contributed by atoms with Crippen molar-refractivity contribution in [3.8, 4) is 10.4 Å². The van der Waals surface area contributed by atoms with Crippen molar-refractivity contribution in [2.24, 2.45) is 12.8 Å². The molecule has 6 nitrogen and oxygen atoms in total. The quantitative estimate of drug-likeness (QED) is 0.393. The number of nitrogens with one attached hydrogen (secondary N) is 2. The predicted octanol–water partition coefficient (Wildman–Crippen LogP) is 4.55. The zero-order valence-corrected chi connectivity index (χ0v) is 18.2. The van der Waals surface area contributed by atoms with Crippen molar-refractivity contribution in [3.63, 3.8) is 0 Å². The molecule has 0 saturated carbocycles. The predicted molar refractivity (Wildman–Crippen MR) is 121 cm³/mol. The Labute approximate surface area is 185 Å². The van der Waals surface area contributed by atoms with Crippen LogP contribution in [0.4, 0.5) is 18.3 Å². The van der Waals surface area contributed by atoms with Gasteiger partial charge in [0, 0.05) is 25.8 Å². The lowest BCUT2D eigenvalue weighted by Gasteiger charge is -2.21. The van der Waals surface area contributed by atoms with E-state index >= 15 is 0 Å². The Morgan fingerprint density at radius 3 is 2.62 bits per heavy atom. The van der Waals surface area contributed by atoms with Gasteiger partial charge in [-0.1, -0.05) is 36.5 Å². The molecule has 2 aromatic carbocycles. The topological polar surface area (TPSA) is 88.7 Å². The number of anilines is 1. The molecule has 0 amide bonds. The van der Waals surface area contributed by atoms with Gasteiger partial charge in [-0.3, -0.25) is 4.57 Å². The first-order chi connectivity index (χ1) is 15.1. The van der Waals surface area contributed by atoms with E-state index in [1.807, 2.05) is 25.1 Å². The minimum Gasteiger partial charge on any atom is -0.360 e. The summed E-state index contributed by atoms with van der Waals surface area (Å²) in [5.41, 5.74) is 8.71. The standard InChI is InChI=1S/C22H22F3N5OS/c1-12(13-3-6-15(7-4-13)22(23,24)25)16(26)10-27-20-28-11-19(32-20)14-5-8-17-18(9-14)30(2)21(31)29-17/h3-9,11-12,16H,10,26H2,1-2H3,(H,27,28)(H,29,31)/t12-,16+/m0/s1. The number of hydrogen-bond acceptors (Lipinski definition) is 5. The number of hydrogen-bond donors (Lipinski definition) is 3. The van der Waals surface area contributed by atoms with E-state index in [1.54, 1.807) is 17.8 Å². The molecule has 4 N–H and O–H groups in total. The van der Waals surface area contributed by atoms with Crippen LogP contribution in [-0.2, 0) is 13.2 Å². The average molecular weight is 462 g/mol. The summed E-state index contributed by atoms with van der Waals surface area (Å²) in [7, 11) is 1.71. The molecule has 2 heterocycles. The fraction of sp³-hybridized carbons (Fsp3) is 0.273. The minimum atomic E-state index is -4.35. The molecule has 10 heteroatoms. The number of benzene rings is 2. The molecule has 0 aliphatic rings. The number of aromatic nitrogens is 3. The van der Waals surface area contributed by atoms with Gasteiger partial charge in [0.1, 0.15) is 0 Å². The van der Waals surface area contributed by atoms with Crippen molar-refractivity contribution >= 4 is 27.5 Å². The van der Waals surface area contributed by atoms with Gasteiger partial charge in [0.15, 0.2) is 5.13 Å². The molecule has 32 heavy (non-hydrogen) atoms. The Morgan fingerprint density at radius 1 is 1.22 bits per heavy atom. The van der Waals surface area contributed by atoms with Gasteiger partial charge in [0.05, 0.1) is 21.5 Å². The van der Waals surface area contributed by atoms with E-state index in [4.69, 9.17) is 5.73 Å². The summed E-state index contributed by atoms with van der Waals surface area (Å²) >= 11 is 1.46. The fourth-order valence-corrected chi connectivity index (χ4v) is 4.29. The first kappa shape index (κ1) is 22.1. The van der Waals surface area contributed by atoms with Crippen LogP contribution >= 0.6 is 11.3 Å². The molecule has 0 spiro atoms. The highest BCUT2D eigenvalue weighted by atomic mass is 32.1. The molecule has 0 saturated heterocycles. The molecule has 4 rings (SSSR count). The molecule has 0 aliphatic heterocycles. The number of alkyl halides is 3. The van der Waals surface area contributed by atoms with Crippen molar-refractivity contribution in [2.45, 2.75) is 25.1 Å². The summed E-state index contributed by atoms with van der Waals surface area (Å²) in [6, 6.07) is 10.5. The van der Waals surface area contributed by atoms with Gasteiger partial charge in [-0.05, 0) is 41.3 Å². The molecule has 0 bridgehead atoms. The molecule has 2 aromatic heterocycles. The monoisotopic (exact) mass is 461 g/mol. The first-order valence-corrected chi connectivity index (χ1v) is 10.8. The zero-order valence-electron chi connectivity index (χ0n) is 17.4. The molecule has 168 valence electrons. The summed E-state index contributed by atoms with van der Waals surface area (Å²) in [5.74, 6) is -0.137. The maximum atomic E-state index is 12.8. The lowest BCUT2D eigenvalue weighted by Crippen LogP contribution is -2.34. The fourth-order valence-electron chi connectivity index (χ4n) is 3.47. The Kier molecular flexibility index (Phi) is 5.83. The molecule has 0 aliphatic carbocycles. The van der Waals surface area contributed by atoms with Crippen LogP contribution in [0.3, 0.4) is 0 Å². The Hall–Kier alpha value is -3.11. The Balaban J connectivity index is 1.41.